The van der Waals surface area contributed by atoms with E-state index in [-0.39, 0.29) is 0 Å². The van der Waals surface area contributed by atoms with E-state index in [0.29, 0.717) is 12.3 Å². The van der Waals surface area contributed by atoms with Crippen LogP contribution in [0, 0.1) is 0 Å². The zero-order chi connectivity index (χ0) is 13.8. The monoisotopic (exact) mass is 273 g/mol. The molecule has 0 saturated carbocycles. The summed E-state index contributed by atoms with van der Waals surface area (Å²) in [6.07, 6.45) is 5.95. The number of aliphatic hydroxyl groups is 1. The molecule has 2 heterocycles. The minimum absolute atomic E-state index is 0.526. The second-order valence-corrected chi connectivity index (χ2v) is 5.77. The Bertz CT molecular complexity index is 508. The number of fused-ring (bicyclic) bond motifs is 1. The fraction of sp³-hybridized carbons (Fsp3) is 0.529. The molecule has 0 bridgehead atoms. The molecule has 1 fully saturated rings. The van der Waals surface area contributed by atoms with Gasteiger partial charge >= 0.3 is 0 Å². The zero-order valence-corrected chi connectivity index (χ0v) is 11.9. The van der Waals surface area contributed by atoms with Crippen LogP contribution in [0.2, 0.25) is 0 Å². The van der Waals surface area contributed by atoms with E-state index in [2.05, 4.69) is 4.90 Å². The van der Waals surface area contributed by atoms with Crippen LogP contribution in [-0.2, 0) is 0 Å². The van der Waals surface area contributed by atoms with E-state index >= 15 is 0 Å². The van der Waals surface area contributed by atoms with E-state index in [4.69, 9.17) is 4.42 Å². The van der Waals surface area contributed by atoms with Crippen molar-refractivity contribution in [2.75, 3.05) is 19.6 Å². The zero-order valence-electron chi connectivity index (χ0n) is 11.9. The summed E-state index contributed by atoms with van der Waals surface area (Å²) < 4.78 is 5.75. The number of benzene rings is 1. The first-order valence-corrected chi connectivity index (χ1v) is 7.72. The second kappa shape index (κ2) is 6.42. The molecule has 0 spiro atoms. The van der Waals surface area contributed by atoms with Crippen LogP contribution in [0.5, 0.6) is 0 Å². The molecule has 1 aliphatic heterocycles. The number of β-amino-alcohol motifs (C(OH)–C–C–N with tert-alkyl or cyclic N) is 1. The number of para-hydroxylation sites is 1. The van der Waals surface area contributed by atoms with Crippen LogP contribution in [-0.4, -0.2) is 29.6 Å². The maximum absolute atomic E-state index is 10.4. The summed E-state index contributed by atoms with van der Waals surface area (Å²) in [6.45, 7) is 2.87. The van der Waals surface area contributed by atoms with Crippen molar-refractivity contribution in [3.05, 3.63) is 36.1 Å². The third-order valence-corrected chi connectivity index (χ3v) is 4.15. The van der Waals surface area contributed by atoms with Crippen LogP contribution < -0.4 is 0 Å². The Kier molecular flexibility index (Phi) is 4.38. The summed E-state index contributed by atoms with van der Waals surface area (Å²) in [5.74, 6) is 0.688. The lowest BCUT2D eigenvalue weighted by molar-refractivity contribution is 0.0916. The van der Waals surface area contributed by atoms with Gasteiger partial charge in [0.25, 0.3) is 0 Å². The number of nitrogens with zero attached hydrogens (tertiary/aromatic N) is 1. The molecule has 0 aliphatic carbocycles. The topological polar surface area (TPSA) is 36.6 Å². The Hall–Kier alpha value is -1.32. The molecule has 0 radical (unpaired) electrons. The van der Waals surface area contributed by atoms with Crippen molar-refractivity contribution >= 4 is 11.0 Å². The highest BCUT2D eigenvalue weighted by atomic mass is 16.4. The Labute approximate surface area is 120 Å². The number of rotatable bonds is 3. The largest absolute Gasteiger partial charge is 0.458 e. The summed E-state index contributed by atoms with van der Waals surface area (Å²) in [7, 11) is 0. The van der Waals surface area contributed by atoms with Crippen LogP contribution in [0.15, 0.2) is 34.7 Å². The molecule has 3 nitrogen and oxygen atoms in total. The number of likely N-dealkylation sites (tertiary alicyclic amines) is 1. The van der Waals surface area contributed by atoms with Crippen molar-refractivity contribution < 1.29 is 9.52 Å². The summed E-state index contributed by atoms with van der Waals surface area (Å²) >= 11 is 0. The van der Waals surface area contributed by atoms with E-state index < -0.39 is 6.10 Å². The molecule has 0 amide bonds. The fourth-order valence-electron chi connectivity index (χ4n) is 3.00. The van der Waals surface area contributed by atoms with Crippen molar-refractivity contribution in [3.8, 4) is 0 Å². The molecule has 3 rings (SSSR count). The van der Waals surface area contributed by atoms with Gasteiger partial charge in [-0.2, -0.15) is 0 Å². The van der Waals surface area contributed by atoms with E-state index in [1.807, 2.05) is 30.3 Å². The van der Waals surface area contributed by atoms with Crippen LogP contribution in [0.3, 0.4) is 0 Å². The Morgan fingerprint density at radius 1 is 1.05 bits per heavy atom. The van der Waals surface area contributed by atoms with E-state index in [0.717, 1.165) is 24.1 Å². The fourth-order valence-corrected chi connectivity index (χ4v) is 3.00. The van der Waals surface area contributed by atoms with Crippen LogP contribution in [0.1, 0.15) is 44.0 Å². The first-order chi connectivity index (χ1) is 9.83. The molecule has 20 heavy (non-hydrogen) atoms. The minimum Gasteiger partial charge on any atom is -0.458 e. The Morgan fingerprint density at radius 3 is 2.50 bits per heavy atom. The summed E-state index contributed by atoms with van der Waals surface area (Å²) in [6, 6.07) is 9.88. The molecule has 3 heteroatoms. The van der Waals surface area contributed by atoms with Crippen LogP contribution in [0.4, 0.5) is 0 Å². The van der Waals surface area contributed by atoms with Crippen molar-refractivity contribution in [2.24, 2.45) is 0 Å². The first kappa shape index (κ1) is 13.7. The number of hydrogen-bond donors (Lipinski definition) is 1. The number of furan rings is 1. The molecule has 1 aliphatic rings. The average molecular weight is 273 g/mol. The summed E-state index contributed by atoms with van der Waals surface area (Å²) in [4.78, 5) is 2.37. The van der Waals surface area contributed by atoms with Crippen molar-refractivity contribution in [3.63, 3.8) is 0 Å². The SMILES string of the molecule is OC(CN1CCCCCCC1)c1cc2ccccc2o1. The Balaban J connectivity index is 1.66. The highest BCUT2D eigenvalue weighted by Crippen LogP contribution is 2.24. The molecular formula is C17H23NO2. The average Bonchev–Trinajstić information content (AvgIpc) is 2.85. The molecule has 1 saturated heterocycles. The number of aliphatic hydroxyl groups excluding tert-OH is 1. The van der Waals surface area contributed by atoms with Crippen molar-refractivity contribution in [1.29, 1.82) is 0 Å². The lowest BCUT2D eigenvalue weighted by atomic mass is 10.1. The first-order valence-electron chi connectivity index (χ1n) is 7.72. The van der Waals surface area contributed by atoms with Gasteiger partial charge in [0, 0.05) is 11.9 Å². The van der Waals surface area contributed by atoms with Crippen LogP contribution >= 0.6 is 0 Å². The van der Waals surface area contributed by atoms with E-state index in [1.165, 1.54) is 32.1 Å². The van der Waals surface area contributed by atoms with Gasteiger partial charge in [0.15, 0.2) is 0 Å². The third kappa shape index (κ3) is 3.22. The standard InChI is InChI=1S/C17H23NO2/c19-15(13-18-10-6-2-1-3-7-11-18)17-12-14-8-4-5-9-16(14)20-17/h4-5,8-9,12,15,19H,1-3,6-7,10-11,13H2. The predicted octanol–water partition coefficient (Wildman–Crippen LogP) is 3.73. The maximum atomic E-state index is 10.4. The molecule has 108 valence electrons. The van der Waals surface area contributed by atoms with Crippen molar-refractivity contribution in [1.82, 2.24) is 4.90 Å². The maximum Gasteiger partial charge on any atom is 0.135 e. The van der Waals surface area contributed by atoms with Gasteiger partial charge in [-0.1, -0.05) is 37.5 Å². The van der Waals surface area contributed by atoms with E-state index in [1.54, 1.807) is 0 Å². The lowest BCUT2D eigenvalue weighted by Gasteiger charge is -2.26. The molecule has 1 atom stereocenters. The van der Waals surface area contributed by atoms with Gasteiger partial charge in [-0.25, -0.2) is 0 Å². The Morgan fingerprint density at radius 2 is 1.75 bits per heavy atom. The van der Waals surface area contributed by atoms with E-state index in [9.17, 15) is 5.11 Å². The lowest BCUT2D eigenvalue weighted by Crippen LogP contribution is -2.31. The van der Waals surface area contributed by atoms with Gasteiger partial charge in [0.2, 0.25) is 0 Å². The predicted molar refractivity (Wildman–Crippen MR) is 80.7 cm³/mol. The molecule has 1 N–H and O–H groups in total. The highest BCUT2D eigenvalue weighted by Gasteiger charge is 2.17. The van der Waals surface area contributed by atoms with Crippen molar-refractivity contribution in [2.45, 2.75) is 38.2 Å². The molecule has 1 aromatic carbocycles. The van der Waals surface area contributed by atoms with Gasteiger partial charge in [-0.3, -0.25) is 0 Å². The number of hydrogen-bond acceptors (Lipinski definition) is 3. The smallest absolute Gasteiger partial charge is 0.135 e. The second-order valence-electron chi connectivity index (χ2n) is 5.77. The summed E-state index contributed by atoms with van der Waals surface area (Å²) in [5, 5.41) is 11.5. The van der Waals surface area contributed by atoms with Gasteiger partial charge < -0.3 is 14.4 Å². The normalized spacial score (nSPS) is 19.6. The molecular weight excluding hydrogens is 250 g/mol. The van der Waals surface area contributed by atoms with Gasteiger partial charge in [-0.05, 0) is 38.1 Å². The van der Waals surface area contributed by atoms with Gasteiger partial charge in [0.1, 0.15) is 17.4 Å². The molecule has 1 unspecified atom stereocenters. The molecule has 2 aromatic rings. The highest BCUT2D eigenvalue weighted by molar-refractivity contribution is 5.77. The van der Waals surface area contributed by atoms with Gasteiger partial charge in [0.05, 0.1) is 0 Å². The van der Waals surface area contributed by atoms with Crippen LogP contribution in [0.25, 0.3) is 11.0 Å². The third-order valence-electron chi connectivity index (χ3n) is 4.15. The quantitative estimate of drug-likeness (QED) is 0.925. The molecule has 1 aromatic heterocycles. The minimum atomic E-state index is -0.526. The summed E-state index contributed by atoms with van der Waals surface area (Å²) in [5.41, 5.74) is 0.856. The van der Waals surface area contributed by atoms with Gasteiger partial charge in [-0.15, -0.1) is 0 Å².